The standard InChI is InChI=1S/C19H21N3O4S/c1-11-12(2)27-17(20-11)13-5-4-6-14(9-13)21-16-15(19(25)26-3)10-22(7-8-23)18(16)24/h4-6,9,21,23H,7-8,10H2,1-3H3. The Hall–Kier alpha value is -2.71. The van der Waals surface area contributed by atoms with Crippen LogP contribution < -0.4 is 5.32 Å². The van der Waals surface area contributed by atoms with Gasteiger partial charge >= 0.3 is 5.97 Å². The van der Waals surface area contributed by atoms with Crippen molar-refractivity contribution in [1.82, 2.24) is 9.88 Å². The number of thiazole rings is 1. The lowest BCUT2D eigenvalue weighted by molar-refractivity contribution is -0.136. The van der Waals surface area contributed by atoms with Gasteiger partial charge in [0.25, 0.3) is 5.91 Å². The van der Waals surface area contributed by atoms with Gasteiger partial charge in [-0.25, -0.2) is 9.78 Å². The van der Waals surface area contributed by atoms with E-state index in [1.54, 1.807) is 11.3 Å². The predicted molar refractivity (Wildman–Crippen MR) is 103 cm³/mol. The molecule has 0 spiro atoms. The van der Waals surface area contributed by atoms with E-state index in [0.29, 0.717) is 5.69 Å². The number of esters is 1. The topological polar surface area (TPSA) is 91.8 Å². The molecular formula is C19H21N3O4S. The Kier molecular flexibility index (Phi) is 5.57. The average Bonchev–Trinajstić information content (AvgIpc) is 3.16. The zero-order valence-corrected chi connectivity index (χ0v) is 16.2. The molecule has 142 valence electrons. The zero-order chi connectivity index (χ0) is 19.6. The number of carbonyl (C=O) groups excluding carboxylic acids is 2. The fraction of sp³-hybridized carbons (Fsp3) is 0.316. The molecule has 7 nitrogen and oxygen atoms in total. The number of nitrogens with one attached hydrogen (secondary N) is 1. The summed E-state index contributed by atoms with van der Waals surface area (Å²) in [5.41, 5.74) is 3.03. The third kappa shape index (κ3) is 3.86. The number of benzene rings is 1. The highest BCUT2D eigenvalue weighted by Gasteiger charge is 2.34. The first kappa shape index (κ1) is 19.1. The number of aryl methyl sites for hydroxylation is 2. The second kappa shape index (κ2) is 7.89. The fourth-order valence-electron chi connectivity index (χ4n) is 2.82. The smallest absolute Gasteiger partial charge is 0.337 e. The van der Waals surface area contributed by atoms with Gasteiger partial charge in [0.1, 0.15) is 10.7 Å². The van der Waals surface area contributed by atoms with E-state index in [4.69, 9.17) is 9.84 Å². The second-order valence-electron chi connectivity index (χ2n) is 6.16. The van der Waals surface area contributed by atoms with Crippen molar-refractivity contribution in [2.45, 2.75) is 13.8 Å². The Morgan fingerprint density at radius 2 is 2.19 bits per heavy atom. The lowest BCUT2D eigenvalue weighted by Crippen LogP contribution is -2.31. The minimum absolute atomic E-state index is 0.110. The molecule has 2 heterocycles. The van der Waals surface area contributed by atoms with Crippen LogP contribution in [0.5, 0.6) is 0 Å². The molecular weight excluding hydrogens is 366 g/mol. The van der Waals surface area contributed by atoms with E-state index in [1.807, 2.05) is 38.1 Å². The minimum Gasteiger partial charge on any atom is -0.466 e. The summed E-state index contributed by atoms with van der Waals surface area (Å²) in [6, 6.07) is 7.53. The number of aromatic nitrogens is 1. The van der Waals surface area contributed by atoms with Crippen LogP contribution in [-0.4, -0.2) is 53.7 Å². The van der Waals surface area contributed by atoms with Crippen LogP contribution in [0.2, 0.25) is 0 Å². The number of aliphatic hydroxyl groups excluding tert-OH is 1. The number of aliphatic hydroxyl groups is 1. The van der Waals surface area contributed by atoms with Crippen LogP contribution in [-0.2, 0) is 14.3 Å². The van der Waals surface area contributed by atoms with Crippen LogP contribution >= 0.6 is 11.3 Å². The molecule has 1 aliphatic rings. The van der Waals surface area contributed by atoms with Gasteiger partial charge in [0.2, 0.25) is 0 Å². The number of hydrogen-bond donors (Lipinski definition) is 2. The van der Waals surface area contributed by atoms with Crippen LogP contribution in [0.15, 0.2) is 35.5 Å². The number of anilines is 1. The molecule has 0 fully saturated rings. The van der Waals surface area contributed by atoms with Gasteiger partial charge in [-0.1, -0.05) is 12.1 Å². The molecule has 0 unspecified atom stereocenters. The maximum Gasteiger partial charge on any atom is 0.337 e. The molecule has 1 aromatic carbocycles. The number of ether oxygens (including phenoxy) is 1. The summed E-state index contributed by atoms with van der Waals surface area (Å²) < 4.78 is 4.80. The average molecular weight is 387 g/mol. The van der Waals surface area contributed by atoms with Gasteiger partial charge in [0.15, 0.2) is 0 Å². The summed E-state index contributed by atoms with van der Waals surface area (Å²) in [7, 11) is 1.28. The van der Waals surface area contributed by atoms with E-state index in [2.05, 4.69) is 10.3 Å². The van der Waals surface area contributed by atoms with Crippen LogP contribution in [0.25, 0.3) is 10.6 Å². The molecule has 0 saturated heterocycles. The van der Waals surface area contributed by atoms with Crippen LogP contribution in [0.1, 0.15) is 10.6 Å². The van der Waals surface area contributed by atoms with Gasteiger partial charge in [-0.05, 0) is 26.0 Å². The molecule has 3 rings (SSSR count). The Bertz CT molecular complexity index is 900. The highest BCUT2D eigenvalue weighted by atomic mass is 32.1. The number of amides is 1. The lowest BCUT2D eigenvalue weighted by atomic mass is 10.2. The van der Waals surface area contributed by atoms with E-state index < -0.39 is 5.97 Å². The normalized spacial score (nSPS) is 14.1. The molecule has 0 saturated carbocycles. The number of methoxy groups -OCH3 is 1. The summed E-state index contributed by atoms with van der Waals surface area (Å²) in [6.45, 7) is 4.09. The van der Waals surface area contributed by atoms with Gasteiger partial charge in [-0.15, -0.1) is 11.3 Å². The van der Waals surface area contributed by atoms with E-state index in [9.17, 15) is 9.59 Å². The lowest BCUT2D eigenvalue weighted by Gasteiger charge is -2.15. The summed E-state index contributed by atoms with van der Waals surface area (Å²) >= 11 is 1.61. The van der Waals surface area contributed by atoms with Crippen molar-refractivity contribution >= 4 is 28.9 Å². The first-order chi connectivity index (χ1) is 12.9. The van der Waals surface area contributed by atoms with E-state index >= 15 is 0 Å². The largest absolute Gasteiger partial charge is 0.466 e. The molecule has 1 aromatic heterocycles. The Morgan fingerprint density at radius 1 is 1.41 bits per heavy atom. The van der Waals surface area contributed by atoms with Crippen molar-refractivity contribution in [3.63, 3.8) is 0 Å². The first-order valence-corrected chi connectivity index (χ1v) is 9.29. The zero-order valence-electron chi connectivity index (χ0n) is 15.4. The Morgan fingerprint density at radius 3 is 2.81 bits per heavy atom. The SMILES string of the molecule is COC(=O)C1=C(Nc2cccc(-c3nc(C)c(C)s3)c2)C(=O)N(CCO)C1. The molecule has 0 atom stereocenters. The van der Waals surface area contributed by atoms with Gasteiger partial charge < -0.3 is 20.1 Å². The number of carbonyl (C=O) groups is 2. The van der Waals surface area contributed by atoms with Crippen molar-refractivity contribution in [3.05, 3.63) is 46.1 Å². The molecule has 1 aliphatic heterocycles. The third-order valence-corrected chi connectivity index (χ3v) is 5.48. The fourth-order valence-corrected chi connectivity index (χ4v) is 3.73. The van der Waals surface area contributed by atoms with Gasteiger partial charge in [-0.2, -0.15) is 0 Å². The molecule has 0 radical (unpaired) electrons. The van der Waals surface area contributed by atoms with Crippen LogP contribution in [0.4, 0.5) is 5.69 Å². The van der Waals surface area contributed by atoms with Gasteiger partial charge in [0, 0.05) is 22.7 Å². The second-order valence-corrected chi connectivity index (χ2v) is 7.37. The molecule has 1 amide bonds. The molecule has 2 aromatic rings. The van der Waals surface area contributed by atoms with Crippen molar-refractivity contribution in [2.75, 3.05) is 32.1 Å². The van der Waals surface area contributed by atoms with Crippen molar-refractivity contribution < 1.29 is 19.4 Å². The van der Waals surface area contributed by atoms with Crippen molar-refractivity contribution in [3.8, 4) is 10.6 Å². The molecule has 27 heavy (non-hydrogen) atoms. The van der Waals surface area contributed by atoms with Crippen LogP contribution in [0, 0.1) is 13.8 Å². The van der Waals surface area contributed by atoms with Crippen molar-refractivity contribution in [1.29, 1.82) is 0 Å². The molecule has 0 aliphatic carbocycles. The molecule has 8 heteroatoms. The predicted octanol–water partition coefficient (Wildman–Crippen LogP) is 2.10. The molecule has 2 N–H and O–H groups in total. The van der Waals surface area contributed by atoms with Crippen molar-refractivity contribution in [2.24, 2.45) is 0 Å². The number of rotatable bonds is 6. The van der Waals surface area contributed by atoms with E-state index in [-0.39, 0.29) is 36.9 Å². The van der Waals surface area contributed by atoms with E-state index in [1.165, 1.54) is 12.0 Å². The monoisotopic (exact) mass is 387 g/mol. The summed E-state index contributed by atoms with van der Waals surface area (Å²) in [5.74, 6) is -0.899. The van der Waals surface area contributed by atoms with Gasteiger partial charge in [0.05, 0.1) is 31.5 Å². The summed E-state index contributed by atoms with van der Waals surface area (Å²) in [5, 5.41) is 13.1. The minimum atomic E-state index is -0.561. The highest BCUT2D eigenvalue weighted by molar-refractivity contribution is 7.15. The number of β-amino-alcohol motifs (C(OH)–C–C–N with tert-alkyl or cyclic N) is 1. The Labute approximate surface area is 161 Å². The number of nitrogens with zero attached hydrogens (tertiary/aromatic N) is 2. The third-order valence-electron chi connectivity index (χ3n) is 4.36. The van der Waals surface area contributed by atoms with Gasteiger partial charge in [-0.3, -0.25) is 4.79 Å². The summed E-state index contributed by atoms with van der Waals surface area (Å²) in [6.07, 6.45) is 0. The highest BCUT2D eigenvalue weighted by Crippen LogP contribution is 2.30. The Balaban J connectivity index is 1.91. The maximum atomic E-state index is 12.6. The van der Waals surface area contributed by atoms with Crippen LogP contribution in [0.3, 0.4) is 0 Å². The van der Waals surface area contributed by atoms with E-state index in [0.717, 1.165) is 21.1 Å². The maximum absolute atomic E-state index is 12.6. The summed E-state index contributed by atoms with van der Waals surface area (Å²) in [4.78, 5) is 31.8. The number of hydrogen-bond acceptors (Lipinski definition) is 7. The first-order valence-electron chi connectivity index (χ1n) is 8.47. The quantitative estimate of drug-likeness (QED) is 0.738. The molecule has 0 bridgehead atoms.